The van der Waals surface area contributed by atoms with Gasteiger partial charge in [0.1, 0.15) is 0 Å². The fraction of sp³-hybridized carbons (Fsp3) is 0.333. The number of hydrogen-bond donors (Lipinski definition) is 1. The van der Waals surface area contributed by atoms with E-state index in [0.717, 1.165) is 33.3 Å². The number of nitrogens with zero attached hydrogens (tertiary/aromatic N) is 1. The molecule has 0 bridgehead atoms. The number of carbonyl (C=O) groups is 4. The average molecular weight is 515 g/mol. The number of aryl methyl sites for hydroxylation is 2. The largest absolute Gasteiger partial charge is 0.452 e. The van der Waals surface area contributed by atoms with E-state index < -0.39 is 30.3 Å². The highest BCUT2D eigenvalue weighted by atomic mass is 79.9. The van der Waals surface area contributed by atoms with Crippen molar-refractivity contribution in [2.75, 3.05) is 25.1 Å². The van der Waals surface area contributed by atoms with Crippen LogP contribution in [-0.4, -0.2) is 54.5 Å². The molecule has 0 aromatic heterocycles. The highest BCUT2D eigenvalue weighted by Gasteiger charge is 2.38. The van der Waals surface area contributed by atoms with Crippen molar-refractivity contribution in [3.63, 3.8) is 0 Å². The van der Waals surface area contributed by atoms with Gasteiger partial charge < -0.3 is 14.8 Å². The third-order valence-electron chi connectivity index (χ3n) is 5.67. The Kier molecular flexibility index (Phi) is 6.62. The van der Waals surface area contributed by atoms with E-state index in [-0.39, 0.29) is 29.3 Å². The van der Waals surface area contributed by atoms with Gasteiger partial charge in [-0.2, -0.15) is 0 Å². The van der Waals surface area contributed by atoms with E-state index in [0.29, 0.717) is 12.3 Å². The van der Waals surface area contributed by atoms with Crippen molar-refractivity contribution in [1.82, 2.24) is 4.90 Å². The average Bonchev–Trinajstić information content (AvgIpc) is 3.38. The van der Waals surface area contributed by atoms with Crippen molar-refractivity contribution in [1.29, 1.82) is 0 Å². The number of imide groups is 1. The minimum absolute atomic E-state index is 0.0944. The van der Waals surface area contributed by atoms with Gasteiger partial charge in [0.2, 0.25) is 0 Å². The Morgan fingerprint density at radius 2 is 1.82 bits per heavy atom. The molecule has 1 fully saturated rings. The molecular formula is C24H23BrN2O6. The fourth-order valence-corrected chi connectivity index (χ4v) is 4.23. The minimum Gasteiger partial charge on any atom is -0.452 e. The topological polar surface area (TPSA) is 102 Å². The van der Waals surface area contributed by atoms with E-state index in [9.17, 15) is 19.2 Å². The van der Waals surface area contributed by atoms with Crippen LogP contribution in [0, 0.1) is 13.8 Å². The summed E-state index contributed by atoms with van der Waals surface area (Å²) in [7, 11) is 0. The van der Waals surface area contributed by atoms with Crippen LogP contribution < -0.4 is 5.32 Å². The first-order valence-corrected chi connectivity index (χ1v) is 11.4. The van der Waals surface area contributed by atoms with Gasteiger partial charge in [-0.05, 0) is 68.1 Å². The number of fused-ring (bicyclic) bond motifs is 1. The minimum atomic E-state index is -0.756. The van der Waals surface area contributed by atoms with Gasteiger partial charge in [0.15, 0.2) is 6.61 Å². The van der Waals surface area contributed by atoms with Gasteiger partial charge in [-0.3, -0.25) is 19.3 Å². The van der Waals surface area contributed by atoms with Gasteiger partial charge in [0.05, 0.1) is 29.3 Å². The molecule has 1 saturated heterocycles. The number of hydrogen-bond acceptors (Lipinski definition) is 6. The third-order valence-corrected chi connectivity index (χ3v) is 6.92. The molecule has 0 unspecified atom stereocenters. The summed E-state index contributed by atoms with van der Waals surface area (Å²) in [5, 5.41) is 2.70. The number of esters is 1. The second kappa shape index (κ2) is 9.44. The van der Waals surface area contributed by atoms with E-state index in [4.69, 9.17) is 9.47 Å². The first-order valence-electron chi connectivity index (χ1n) is 10.6. The molecule has 3 amide bonds. The lowest BCUT2D eigenvalue weighted by atomic mass is 10.1. The van der Waals surface area contributed by atoms with Crippen LogP contribution in [0.1, 0.15) is 55.0 Å². The molecule has 9 heteroatoms. The van der Waals surface area contributed by atoms with Crippen molar-refractivity contribution in [3.05, 3.63) is 62.6 Å². The SMILES string of the molecule is Cc1cc(NC(=O)COC(=O)c2ccc3c(c2)C(=O)N(C[C@H]2CCCO2)C3=O)cc(C)c1Br. The number of benzene rings is 2. The van der Waals surface area contributed by atoms with Crippen molar-refractivity contribution in [3.8, 4) is 0 Å². The molecule has 1 atom stereocenters. The Balaban J connectivity index is 1.38. The van der Waals surface area contributed by atoms with Crippen LogP contribution in [0.3, 0.4) is 0 Å². The van der Waals surface area contributed by atoms with Crippen LogP contribution >= 0.6 is 15.9 Å². The zero-order valence-electron chi connectivity index (χ0n) is 18.3. The highest BCUT2D eigenvalue weighted by molar-refractivity contribution is 9.10. The Labute approximate surface area is 199 Å². The van der Waals surface area contributed by atoms with Gasteiger partial charge in [-0.15, -0.1) is 0 Å². The second-order valence-electron chi connectivity index (χ2n) is 8.16. The molecule has 0 radical (unpaired) electrons. The van der Waals surface area contributed by atoms with E-state index in [1.807, 2.05) is 26.0 Å². The molecule has 2 aromatic rings. The van der Waals surface area contributed by atoms with Crippen LogP contribution in [0.5, 0.6) is 0 Å². The molecule has 4 rings (SSSR count). The zero-order chi connectivity index (χ0) is 23.7. The predicted octanol–water partition coefficient (Wildman–Crippen LogP) is 3.64. The maximum atomic E-state index is 12.7. The summed E-state index contributed by atoms with van der Waals surface area (Å²) in [6.07, 6.45) is 1.54. The second-order valence-corrected chi connectivity index (χ2v) is 8.96. The lowest BCUT2D eigenvalue weighted by Crippen LogP contribution is -2.36. The number of ether oxygens (including phenoxy) is 2. The van der Waals surface area contributed by atoms with E-state index in [1.54, 1.807) is 0 Å². The quantitative estimate of drug-likeness (QED) is 0.466. The standard InChI is InChI=1S/C24H23BrN2O6/c1-13-8-16(9-14(2)21(13)25)26-20(28)12-33-24(31)15-5-6-18-19(10-15)23(30)27(22(18)29)11-17-4-3-7-32-17/h5-6,8-10,17H,3-4,7,11-12H2,1-2H3,(H,26,28)/t17-/m1/s1. The first-order chi connectivity index (χ1) is 15.7. The molecular weight excluding hydrogens is 492 g/mol. The van der Waals surface area contributed by atoms with Gasteiger partial charge in [0.25, 0.3) is 17.7 Å². The molecule has 8 nitrogen and oxygen atoms in total. The molecule has 172 valence electrons. The zero-order valence-corrected chi connectivity index (χ0v) is 19.9. The maximum absolute atomic E-state index is 12.7. The first kappa shape index (κ1) is 23.1. The summed E-state index contributed by atoms with van der Waals surface area (Å²) >= 11 is 3.47. The van der Waals surface area contributed by atoms with Crippen molar-refractivity contribution >= 4 is 45.3 Å². The van der Waals surface area contributed by atoms with Crippen LogP contribution in [0.4, 0.5) is 5.69 Å². The molecule has 2 heterocycles. The smallest absolute Gasteiger partial charge is 0.338 e. The molecule has 33 heavy (non-hydrogen) atoms. The van der Waals surface area contributed by atoms with Gasteiger partial charge in [-0.1, -0.05) is 15.9 Å². The monoisotopic (exact) mass is 514 g/mol. The van der Waals surface area contributed by atoms with Gasteiger partial charge >= 0.3 is 5.97 Å². The predicted molar refractivity (Wildman–Crippen MR) is 123 cm³/mol. The number of halogens is 1. The number of nitrogens with one attached hydrogen (secondary N) is 1. The van der Waals surface area contributed by atoms with Crippen LogP contribution in [-0.2, 0) is 14.3 Å². The summed E-state index contributed by atoms with van der Waals surface area (Å²) in [5.41, 5.74) is 3.02. The molecule has 0 spiro atoms. The van der Waals surface area contributed by atoms with Crippen LogP contribution in [0.2, 0.25) is 0 Å². The Bertz CT molecular complexity index is 1130. The van der Waals surface area contributed by atoms with E-state index >= 15 is 0 Å². The summed E-state index contributed by atoms with van der Waals surface area (Å²) in [5.74, 6) is -2.10. The molecule has 2 aliphatic rings. The van der Waals surface area contributed by atoms with Crippen LogP contribution in [0.25, 0.3) is 0 Å². The normalized spacial score (nSPS) is 17.3. The summed E-state index contributed by atoms with van der Waals surface area (Å²) in [6.45, 7) is 4.16. The lowest BCUT2D eigenvalue weighted by molar-refractivity contribution is -0.119. The number of rotatable bonds is 6. The van der Waals surface area contributed by atoms with Gasteiger partial charge in [-0.25, -0.2) is 4.79 Å². The van der Waals surface area contributed by atoms with Crippen LogP contribution in [0.15, 0.2) is 34.8 Å². The highest BCUT2D eigenvalue weighted by Crippen LogP contribution is 2.27. The molecule has 1 N–H and O–H groups in total. The summed E-state index contributed by atoms with van der Waals surface area (Å²) in [6, 6.07) is 7.81. The Morgan fingerprint density at radius 1 is 1.12 bits per heavy atom. The Hall–Kier alpha value is -3.04. The lowest BCUT2D eigenvalue weighted by Gasteiger charge is -2.17. The summed E-state index contributed by atoms with van der Waals surface area (Å²) in [4.78, 5) is 51.2. The number of anilines is 1. The van der Waals surface area contributed by atoms with E-state index in [2.05, 4.69) is 21.2 Å². The summed E-state index contributed by atoms with van der Waals surface area (Å²) < 4.78 is 11.6. The van der Waals surface area contributed by atoms with Crippen molar-refractivity contribution in [2.45, 2.75) is 32.8 Å². The molecule has 0 saturated carbocycles. The van der Waals surface area contributed by atoms with Crippen molar-refractivity contribution < 1.29 is 28.7 Å². The van der Waals surface area contributed by atoms with Crippen molar-refractivity contribution in [2.24, 2.45) is 0 Å². The third kappa shape index (κ3) is 4.84. The Morgan fingerprint density at radius 3 is 2.48 bits per heavy atom. The fourth-order valence-electron chi connectivity index (χ4n) is 4.01. The molecule has 0 aliphatic carbocycles. The number of amides is 3. The molecule has 2 aliphatic heterocycles. The number of carbonyl (C=O) groups excluding carboxylic acids is 4. The molecule has 2 aromatic carbocycles. The maximum Gasteiger partial charge on any atom is 0.338 e. The van der Waals surface area contributed by atoms with E-state index in [1.165, 1.54) is 18.2 Å². The van der Waals surface area contributed by atoms with Gasteiger partial charge in [0, 0.05) is 16.8 Å².